The van der Waals surface area contributed by atoms with E-state index in [4.69, 9.17) is 16.3 Å². The zero-order valence-electron chi connectivity index (χ0n) is 14.0. The summed E-state index contributed by atoms with van der Waals surface area (Å²) in [4.78, 5) is 16.6. The molecule has 1 aliphatic heterocycles. The Morgan fingerprint density at radius 1 is 1.35 bits per heavy atom. The topological polar surface area (TPSA) is 63.2 Å². The van der Waals surface area contributed by atoms with E-state index in [1.165, 1.54) is 36.6 Å². The summed E-state index contributed by atoms with van der Waals surface area (Å²) in [7, 11) is 0. The number of benzene rings is 1. The highest BCUT2D eigenvalue weighted by Gasteiger charge is 2.14. The number of nitrogens with zero attached hydrogens (tertiary/aromatic N) is 1. The second-order valence-electron chi connectivity index (χ2n) is 5.91. The molecule has 2 heterocycles. The van der Waals surface area contributed by atoms with Crippen LogP contribution in [0.2, 0.25) is 5.02 Å². The molecule has 1 aliphatic rings. The van der Waals surface area contributed by atoms with Gasteiger partial charge in [-0.05, 0) is 61.5 Å². The Kier molecular flexibility index (Phi) is 6.71. The Labute approximate surface area is 160 Å². The van der Waals surface area contributed by atoms with Gasteiger partial charge in [-0.1, -0.05) is 11.6 Å². The fraction of sp³-hybridized carbons (Fsp3) is 0.333. The van der Waals surface area contributed by atoms with E-state index in [-0.39, 0.29) is 17.0 Å². The standard InChI is InChI=1S/C18H19ClFN3O2S/c19-15-10-13(4-5-16(15)20)22-18(24)12-6-7-21-17(9-12)23-26-11-14-3-1-2-8-25-14/h4-7,9-10,14H,1-3,8,11H2,(H,21,23)(H,22,24). The Morgan fingerprint density at radius 3 is 3.00 bits per heavy atom. The third-order valence-electron chi connectivity index (χ3n) is 3.92. The number of hydrogen-bond acceptors (Lipinski definition) is 5. The normalized spacial score (nSPS) is 16.9. The predicted molar refractivity (Wildman–Crippen MR) is 103 cm³/mol. The summed E-state index contributed by atoms with van der Waals surface area (Å²) < 4.78 is 22.0. The van der Waals surface area contributed by atoms with Gasteiger partial charge in [0.1, 0.15) is 11.6 Å². The summed E-state index contributed by atoms with van der Waals surface area (Å²) in [5.74, 6) is 0.569. The maximum atomic E-state index is 13.2. The Bertz CT molecular complexity index is 772. The summed E-state index contributed by atoms with van der Waals surface area (Å²) in [5.41, 5.74) is 0.869. The number of carbonyl (C=O) groups is 1. The van der Waals surface area contributed by atoms with Crippen LogP contribution < -0.4 is 10.0 Å². The quantitative estimate of drug-likeness (QED) is 0.691. The van der Waals surface area contributed by atoms with Gasteiger partial charge in [0.15, 0.2) is 0 Å². The SMILES string of the molecule is O=C(Nc1ccc(F)c(Cl)c1)c1ccnc(NSCC2CCCCO2)c1. The molecule has 0 spiro atoms. The lowest BCUT2D eigenvalue weighted by atomic mass is 10.1. The molecular weight excluding hydrogens is 377 g/mol. The highest BCUT2D eigenvalue weighted by atomic mass is 35.5. The number of amides is 1. The maximum Gasteiger partial charge on any atom is 0.255 e. The minimum atomic E-state index is -0.529. The molecule has 26 heavy (non-hydrogen) atoms. The van der Waals surface area contributed by atoms with Gasteiger partial charge in [0.2, 0.25) is 0 Å². The first-order chi connectivity index (χ1) is 12.6. The van der Waals surface area contributed by atoms with Crippen molar-refractivity contribution in [2.45, 2.75) is 25.4 Å². The van der Waals surface area contributed by atoms with Gasteiger partial charge in [-0.25, -0.2) is 9.37 Å². The molecule has 0 bridgehead atoms. The van der Waals surface area contributed by atoms with Crippen molar-refractivity contribution in [1.29, 1.82) is 0 Å². The third-order valence-corrected chi connectivity index (χ3v) is 5.10. The van der Waals surface area contributed by atoms with Gasteiger partial charge in [0.05, 0.1) is 11.1 Å². The first-order valence-electron chi connectivity index (χ1n) is 8.33. The summed E-state index contributed by atoms with van der Waals surface area (Å²) >= 11 is 7.24. The molecule has 2 N–H and O–H groups in total. The molecular formula is C18H19ClFN3O2S. The van der Waals surface area contributed by atoms with Crippen LogP contribution in [0.15, 0.2) is 36.5 Å². The lowest BCUT2D eigenvalue weighted by Gasteiger charge is -2.22. The van der Waals surface area contributed by atoms with E-state index in [0.717, 1.165) is 25.2 Å². The van der Waals surface area contributed by atoms with Crippen molar-refractivity contribution in [2.75, 3.05) is 22.4 Å². The first kappa shape index (κ1) is 18.9. The number of aromatic nitrogens is 1. The number of carbonyl (C=O) groups excluding carboxylic acids is 1. The third kappa shape index (κ3) is 5.33. The van der Waals surface area contributed by atoms with Crippen molar-refractivity contribution < 1.29 is 13.9 Å². The maximum absolute atomic E-state index is 13.2. The van der Waals surface area contributed by atoms with Gasteiger partial charge < -0.3 is 14.8 Å². The lowest BCUT2D eigenvalue weighted by molar-refractivity contribution is 0.0316. The molecule has 2 aromatic rings. The van der Waals surface area contributed by atoms with Crippen molar-refractivity contribution in [3.05, 3.63) is 52.9 Å². The van der Waals surface area contributed by atoms with Crippen LogP contribution in [0.3, 0.4) is 0 Å². The van der Waals surface area contributed by atoms with Gasteiger partial charge in [0.25, 0.3) is 5.91 Å². The molecule has 1 fully saturated rings. The van der Waals surface area contributed by atoms with E-state index in [0.29, 0.717) is 17.1 Å². The molecule has 5 nitrogen and oxygen atoms in total. The molecule has 0 aliphatic carbocycles. The zero-order chi connectivity index (χ0) is 18.4. The van der Waals surface area contributed by atoms with Gasteiger partial charge in [-0.2, -0.15) is 0 Å². The number of pyridine rings is 1. The summed E-state index contributed by atoms with van der Waals surface area (Å²) in [6, 6.07) is 7.31. The van der Waals surface area contributed by atoms with Crippen molar-refractivity contribution in [3.63, 3.8) is 0 Å². The molecule has 138 valence electrons. The van der Waals surface area contributed by atoms with Gasteiger partial charge >= 0.3 is 0 Å². The Hall–Kier alpha value is -1.83. The molecule has 1 saturated heterocycles. The molecule has 1 aromatic heterocycles. The molecule has 0 saturated carbocycles. The molecule has 1 aromatic carbocycles. The van der Waals surface area contributed by atoms with E-state index in [1.54, 1.807) is 18.3 Å². The van der Waals surface area contributed by atoms with E-state index in [1.807, 2.05) is 0 Å². The van der Waals surface area contributed by atoms with Crippen LogP contribution in [0.25, 0.3) is 0 Å². The fourth-order valence-corrected chi connectivity index (χ4v) is 3.52. The fourth-order valence-electron chi connectivity index (χ4n) is 2.55. The van der Waals surface area contributed by atoms with Crippen LogP contribution >= 0.6 is 23.5 Å². The van der Waals surface area contributed by atoms with Crippen LogP contribution in [0.1, 0.15) is 29.6 Å². The number of ether oxygens (including phenoxy) is 1. The Morgan fingerprint density at radius 2 is 2.23 bits per heavy atom. The second kappa shape index (κ2) is 9.21. The molecule has 8 heteroatoms. The van der Waals surface area contributed by atoms with Crippen LogP contribution in [-0.4, -0.2) is 29.4 Å². The van der Waals surface area contributed by atoms with E-state index in [9.17, 15) is 9.18 Å². The van der Waals surface area contributed by atoms with Gasteiger partial charge in [0, 0.05) is 29.8 Å². The van der Waals surface area contributed by atoms with E-state index >= 15 is 0 Å². The number of hydrogen-bond donors (Lipinski definition) is 2. The van der Waals surface area contributed by atoms with Crippen molar-refractivity contribution in [1.82, 2.24) is 4.98 Å². The minimum Gasteiger partial charge on any atom is -0.377 e. The van der Waals surface area contributed by atoms with E-state index < -0.39 is 5.82 Å². The van der Waals surface area contributed by atoms with Crippen LogP contribution in [-0.2, 0) is 4.74 Å². The van der Waals surface area contributed by atoms with Gasteiger partial charge in [-0.15, -0.1) is 0 Å². The molecule has 1 unspecified atom stereocenters. The smallest absolute Gasteiger partial charge is 0.255 e. The molecule has 3 rings (SSSR count). The van der Waals surface area contributed by atoms with E-state index in [2.05, 4.69) is 15.0 Å². The van der Waals surface area contributed by atoms with Crippen LogP contribution in [0.4, 0.5) is 15.9 Å². The van der Waals surface area contributed by atoms with Crippen LogP contribution in [0.5, 0.6) is 0 Å². The Balaban J connectivity index is 1.55. The summed E-state index contributed by atoms with van der Waals surface area (Å²) in [6.45, 7) is 0.826. The van der Waals surface area contributed by atoms with Crippen molar-refractivity contribution in [3.8, 4) is 0 Å². The average molecular weight is 396 g/mol. The summed E-state index contributed by atoms with van der Waals surface area (Å²) in [6.07, 6.45) is 5.23. The molecule has 1 amide bonds. The number of nitrogens with one attached hydrogen (secondary N) is 2. The second-order valence-corrected chi connectivity index (χ2v) is 7.15. The minimum absolute atomic E-state index is 0.0405. The number of rotatable bonds is 6. The monoisotopic (exact) mass is 395 g/mol. The van der Waals surface area contributed by atoms with Gasteiger partial charge in [-0.3, -0.25) is 4.79 Å². The van der Waals surface area contributed by atoms with Crippen molar-refractivity contribution >= 4 is 41.0 Å². The van der Waals surface area contributed by atoms with Crippen LogP contribution in [0, 0.1) is 5.82 Å². The molecule has 1 atom stereocenters. The first-order valence-corrected chi connectivity index (χ1v) is 9.70. The largest absolute Gasteiger partial charge is 0.377 e. The lowest BCUT2D eigenvalue weighted by Crippen LogP contribution is -2.21. The summed E-state index contributed by atoms with van der Waals surface area (Å²) in [5, 5.41) is 2.65. The number of anilines is 2. The highest BCUT2D eigenvalue weighted by molar-refractivity contribution is 8.00. The zero-order valence-corrected chi connectivity index (χ0v) is 15.6. The molecule has 0 radical (unpaired) electrons. The van der Waals surface area contributed by atoms with Crippen molar-refractivity contribution in [2.24, 2.45) is 0 Å². The average Bonchev–Trinajstić information content (AvgIpc) is 2.66. The number of halogens is 2. The predicted octanol–water partition coefficient (Wildman–Crippen LogP) is 4.76. The highest BCUT2D eigenvalue weighted by Crippen LogP contribution is 2.21.